The molecule has 0 N–H and O–H groups in total. The van der Waals surface area contributed by atoms with Crippen molar-refractivity contribution in [3.05, 3.63) is 0 Å². The number of carbonyl (C=O) groups excluding carboxylic acids is 1. The molecular weight excluding hydrogens is 162 g/mol. The summed E-state index contributed by atoms with van der Waals surface area (Å²) in [4.78, 5) is 15.4. The molecular formula is C11H17NO. The number of hydrogen-bond acceptors (Lipinski definition) is 2. The summed E-state index contributed by atoms with van der Waals surface area (Å²) in [5.74, 6) is 0.445. The maximum absolute atomic E-state index is 11.2. The van der Waals surface area contributed by atoms with E-state index < -0.39 is 0 Å². The van der Waals surface area contributed by atoms with Crippen LogP contribution in [0.5, 0.6) is 0 Å². The SMILES string of the molecule is C=NC1CCCC12CCC(=O)CC2. The first-order chi connectivity index (χ1) is 6.27. The molecule has 2 nitrogen and oxygen atoms in total. The van der Waals surface area contributed by atoms with Crippen molar-refractivity contribution >= 4 is 12.5 Å². The molecule has 0 amide bonds. The summed E-state index contributed by atoms with van der Waals surface area (Å²) in [6, 6.07) is 0.445. The summed E-state index contributed by atoms with van der Waals surface area (Å²) in [6.07, 6.45) is 7.43. The lowest BCUT2D eigenvalue weighted by Crippen LogP contribution is -2.33. The Balaban J connectivity index is 2.10. The van der Waals surface area contributed by atoms with Crippen molar-refractivity contribution in [3.63, 3.8) is 0 Å². The number of rotatable bonds is 1. The van der Waals surface area contributed by atoms with E-state index in [-0.39, 0.29) is 0 Å². The lowest BCUT2D eigenvalue weighted by molar-refractivity contribution is -0.122. The molecule has 0 aromatic carbocycles. The van der Waals surface area contributed by atoms with Crippen LogP contribution in [0.4, 0.5) is 0 Å². The van der Waals surface area contributed by atoms with Crippen LogP contribution in [0, 0.1) is 5.41 Å². The van der Waals surface area contributed by atoms with Gasteiger partial charge in [0.05, 0.1) is 6.04 Å². The highest BCUT2D eigenvalue weighted by atomic mass is 16.1. The molecule has 1 unspecified atom stereocenters. The van der Waals surface area contributed by atoms with Crippen LogP contribution in [0.3, 0.4) is 0 Å². The van der Waals surface area contributed by atoms with Crippen molar-refractivity contribution in [1.29, 1.82) is 0 Å². The second-order valence-corrected chi connectivity index (χ2v) is 4.49. The molecule has 0 radical (unpaired) electrons. The molecule has 2 aliphatic rings. The third-order valence-corrected chi connectivity index (χ3v) is 3.88. The van der Waals surface area contributed by atoms with Crippen LogP contribution >= 0.6 is 0 Å². The second-order valence-electron chi connectivity index (χ2n) is 4.49. The highest BCUT2D eigenvalue weighted by Gasteiger charge is 2.44. The molecule has 2 saturated carbocycles. The average molecular weight is 179 g/mol. The van der Waals surface area contributed by atoms with Crippen molar-refractivity contribution in [3.8, 4) is 0 Å². The smallest absolute Gasteiger partial charge is 0.132 e. The summed E-state index contributed by atoms with van der Waals surface area (Å²) in [5.41, 5.74) is 0.371. The molecule has 72 valence electrons. The zero-order chi connectivity index (χ0) is 9.31. The van der Waals surface area contributed by atoms with Gasteiger partial charge in [-0.15, -0.1) is 0 Å². The molecule has 0 aromatic rings. The summed E-state index contributed by atoms with van der Waals surface area (Å²) in [6.45, 7) is 3.68. The van der Waals surface area contributed by atoms with Crippen LogP contribution in [0.25, 0.3) is 0 Å². The van der Waals surface area contributed by atoms with Crippen molar-refractivity contribution in [2.75, 3.05) is 0 Å². The number of aliphatic imine (C=N–C) groups is 1. The monoisotopic (exact) mass is 179 g/mol. The maximum Gasteiger partial charge on any atom is 0.132 e. The van der Waals surface area contributed by atoms with Gasteiger partial charge in [-0.25, -0.2) is 0 Å². The van der Waals surface area contributed by atoms with E-state index in [0.717, 1.165) is 25.7 Å². The van der Waals surface area contributed by atoms with Crippen LogP contribution in [-0.4, -0.2) is 18.5 Å². The Hall–Kier alpha value is -0.660. The van der Waals surface area contributed by atoms with Crippen LogP contribution in [0.15, 0.2) is 4.99 Å². The van der Waals surface area contributed by atoms with E-state index in [2.05, 4.69) is 11.7 Å². The summed E-state index contributed by atoms with van der Waals surface area (Å²) < 4.78 is 0. The van der Waals surface area contributed by atoms with Gasteiger partial charge in [0.15, 0.2) is 0 Å². The Morgan fingerprint density at radius 1 is 1.31 bits per heavy atom. The Bertz CT molecular complexity index is 224. The molecule has 0 aromatic heterocycles. The first kappa shape index (κ1) is 8.92. The zero-order valence-electron chi connectivity index (χ0n) is 8.09. The fraction of sp³-hybridized carbons (Fsp3) is 0.818. The molecule has 0 aliphatic heterocycles. The standard InChI is InChI=1S/C11H17NO/c1-12-10-3-2-6-11(10)7-4-9(13)5-8-11/h10H,1-8H2. The van der Waals surface area contributed by atoms with Crippen molar-refractivity contribution in [2.45, 2.75) is 51.0 Å². The van der Waals surface area contributed by atoms with Gasteiger partial charge in [0.2, 0.25) is 0 Å². The third-order valence-electron chi connectivity index (χ3n) is 3.88. The summed E-state index contributed by atoms with van der Waals surface area (Å²) >= 11 is 0. The number of ketones is 1. The van der Waals surface area contributed by atoms with E-state index in [1.165, 1.54) is 19.3 Å². The Morgan fingerprint density at radius 3 is 2.62 bits per heavy atom. The number of carbonyl (C=O) groups is 1. The van der Waals surface area contributed by atoms with Gasteiger partial charge in [0.1, 0.15) is 5.78 Å². The number of Topliss-reactive ketones (excluding diaryl/α,β-unsaturated/α-hetero) is 1. The first-order valence-electron chi connectivity index (χ1n) is 5.24. The van der Waals surface area contributed by atoms with Gasteiger partial charge in [-0.1, -0.05) is 6.42 Å². The maximum atomic E-state index is 11.2. The summed E-state index contributed by atoms with van der Waals surface area (Å²) in [7, 11) is 0. The zero-order valence-corrected chi connectivity index (χ0v) is 8.09. The Kier molecular flexibility index (Phi) is 2.22. The molecule has 2 aliphatic carbocycles. The molecule has 0 saturated heterocycles. The van der Waals surface area contributed by atoms with E-state index in [0.29, 0.717) is 17.2 Å². The van der Waals surface area contributed by atoms with Crippen LogP contribution in [0.2, 0.25) is 0 Å². The summed E-state index contributed by atoms with van der Waals surface area (Å²) in [5, 5.41) is 0. The van der Waals surface area contributed by atoms with E-state index in [9.17, 15) is 4.79 Å². The van der Waals surface area contributed by atoms with Crippen molar-refractivity contribution in [1.82, 2.24) is 0 Å². The van der Waals surface area contributed by atoms with Crippen molar-refractivity contribution in [2.24, 2.45) is 10.4 Å². The van der Waals surface area contributed by atoms with E-state index in [4.69, 9.17) is 0 Å². The Labute approximate surface area is 79.4 Å². The molecule has 13 heavy (non-hydrogen) atoms. The van der Waals surface area contributed by atoms with Gasteiger partial charge in [-0.3, -0.25) is 9.79 Å². The predicted molar refractivity (Wildman–Crippen MR) is 53.1 cm³/mol. The number of nitrogens with zero attached hydrogens (tertiary/aromatic N) is 1. The molecule has 1 atom stereocenters. The van der Waals surface area contributed by atoms with Gasteiger partial charge in [0.25, 0.3) is 0 Å². The lowest BCUT2D eigenvalue weighted by atomic mass is 9.70. The van der Waals surface area contributed by atoms with Crippen LogP contribution in [-0.2, 0) is 4.79 Å². The average Bonchev–Trinajstić information content (AvgIpc) is 2.54. The van der Waals surface area contributed by atoms with E-state index in [1.54, 1.807) is 0 Å². The van der Waals surface area contributed by atoms with Crippen molar-refractivity contribution < 1.29 is 4.79 Å². The van der Waals surface area contributed by atoms with Gasteiger partial charge < -0.3 is 0 Å². The third kappa shape index (κ3) is 1.43. The van der Waals surface area contributed by atoms with Gasteiger partial charge >= 0.3 is 0 Å². The van der Waals surface area contributed by atoms with Crippen LogP contribution in [0.1, 0.15) is 44.9 Å². The first-order valence-corrected chi connectivity index (χ1v) is 5.24. The van der Waals surface area contributed by atoms with Gasteiger partial charge in [-0.2, -0.15) is 0 Å². The minimum absolute atomic E-state index is 0.371. The molecule has 1 spiro atoms. The lowest BCUT2D eigenvalue weighted by Gasteiger charge is -2.36. The fourth-order valence-electron chi connectivity index (χ4n) is 3.02. The predicted octanol–water partition coefficient (Wildman–Crippen LogP) is 2.37. The highest BCUT2D eigenvalue weighted by Crippen LogP contribution is 2.49. The largest absolute Gasteiger partial charge is 0.300 e. The van der Waals surface area contributed by atoms with E-state index >= 15 is 0 Å². The number of hydrogen-bond donors (Lipinski definition) is 0. The molecule has 2 heteroatoms. The fourth-order valence-corrected chi connectivity index (χ4v) is 3.02. The second kappa shape index (κ2) is 3.24. The van der Waals surface area contributed by atoms with Gasteiger partial charge in [0, 0.05) is 12.8 Å². The molecule has 0 heterocycles. The topological polar surface area (TPSA) is 29.4 Å². The molecule has 0 bridgehead atoms. The minimum atomic E-state index is 0.371. The van der Waals surface area contributed by atoms with Gasteiger partial charge in [-0.05, 0) is 37.8 Å². The van der Waals surface area contributed by atoms with Crippen LogP contribution < -0.4 is 0 Å². The molecule has 2 rings (SSSR count). The normalized spacial score (nSPS) is 32.3. The minimum Gasteiger partial charge on any atom is -0.300 e. The quantitative estimate of drug-likeness (QED) is 0.568. The van der Waals surface area contributed by atoms with E-state index in [1.807, 2.05) is 0 Å². The Morgan fingerprint density at radius 2 is 2.00 bits per heavy atom. The highest BCUT2D eigenvalue weighted by molar-refractivity contribution is 5.79. The molecule has 2 fully saturated rings.